The van der Waals surface area contributed by atoms with Crippen molar-refractivity contribution in [3.8, 4) is 5.69 Å². The van der Waals surface area contributed by atoms with Crippen LogP contribution < -0.4 is 15.6 Å². The van der Waals surface area contributed by atoms with Crippen LogP contribution in [0.15, 0.2) is 35.3 Å². The summed E-state index contributed by atoms with van der Waals surface area (Å²) in [5, 5.41) is 12.5. The van der Waals surface area contributed by atoms with Crippen molar-refractivity contribution in [3.63, 3.8) is 0 Å². The number of carboxylic acid groups (broad SMARTS) is 1. The van der Waals surface area contributed by atoms with Crippen LogP contribution in [0, 0.1) is 17.5 Å². The van der Waals surface area contributed by atoms with E-state index in [0.717, 1.165) is 48.2 Å². The summed E-state index contributed by atoms with van der Waals surface area (Å²) < 4.78 is 44.6. The third-order valence-corrected chi connectivity index (χ3v) is 6.92. The van der Waals surface area contributed by atoms with Gasteiger partial charge in [-0.15, -0.1) is 0 Å². The van der Waals surface area contributed by atoms with Gasteiger partial charge in [-0.2, -0.15) is 0 Å². The maximum Gasteiger partial charge on any atom is 0.341 e. The van der Waals surface area contributed by atoms with E-state index in [2.05, 4.69) is 5.32 Å². The van der Waals surface area contributed by atoms with E-state index in [0.29, 0.717) is 25.7 Å². The minimum Gasteiger partial charge on any atom is -0.477 e. The Morgan fingerprint density at radius 1 is 1.15 bits per heavy atom. The van der Waals surface area contributed by atoms with Gasteiger partial charge in [-0.05, 0) is 37.5 Å². The van der Waals surface area contributed by atoms with Gasteiger partial charge in [-0.25, -0.2) is 18.0 Å². The molecule has 172 valence electrons. The molecule has 1 saturated heterocycles. The predicted molar refractivity (Wildman–Crippen MR) is 118 cm³/mol. The molecular weight excluding hydrogens is 459 g/mol. The Hall–Kier alpha value is -3.04. The van der Waals surface area contributed by atoms with Gasteiger partial charge in [-0.1, -0.05) is 11.6 Å². The third kappa shape index (κ3) is 3.46. The van der Waals surface area contributed by atoms with E-state index in [1.807, 2.05) is 0 Å². The number of hydrogen-bond acceptors (Lipinski definition) is 4. The molecule has 0 unspecified atom stereocenters. The Bertz CT molecular complexity index is 1370. The second-order valence-corrected chi connectivity index (χ2v) is 8.92. The van der Waals surface area contributed by atoms with E-state index in [9.17, 15) is 23.5 Å². The van der Waals surface area contributed by atoms with Crippen molar-refractivity contribution in [1.82, 2.24) is 9.88 Å². The van der Waals surface area contributed by atoms with Crippen molar-refractivity contribution in [2.24, 2.45) is 0 Å². The van der Waals surface area contributed by atoms with Crippen LogP contribution in [0.2, 0.25) is 5.02 Å². The summed E-state index contributed by atoms with van der Waals surface area (Å²) in [6, 6.07) is 3.68. The number of fused-ring (bicyclic) bond motifs is 1. The lowest BCUT2D eigenvalue weighted by atomic mass is 9.75. The van der Waals surface area contributed by atoms with E-state index in [-0.39, 0.29) is 32.8 Å². The van der Waals surface area contributed by atoms with Gasteiger partial charge in [0.25, 0.3) is 0 Å². The maximum atomic E-state index is 15.4. The number of hydrogen-bond donors (Lipinski definition) is 2. The van der Waals surface area contributed by atoms with E-state index in [1.165, 1.54) is 0 Å². The van der Waals surface area contributed by atoms with Gasteiger partial charge < -0.3 is 19.9 Å². The van der Waals surface area contributed by atoms with Gasteiger partial charge in [0.1, 0.15) is 23.0 Å². The summed E-state index contributed by atoms with van der Waals surface area (Å²) in [5.74, 6) is -4.15. The number of anilines is 1. The number of carbonyl (C=O) groups is 1. The molecule has 3 aromatic rings. The number of nitrogens with one attached hydrogen (secondary N) is 1. The molecule has 2 fully saturated rings. The van der Waals surface area contributed by atoms with E-state index in [1.54, 1.807) is 4.90 Å². The average molecular weight is 478 g/mol. The van der Waals surface area contributed by atoms with Gasteiger partial charge in [-0.3, -0.25) is 4.79 Å². The van der Waals surface area contributed by atoms with E-state index >= 15 is 4.39 Å². The van der Waals surface area contributed by atoms with Crippen molar-refractivity contribution < 1.29 is 23.1 Å². The van der Waals surface area contributed by atoms with Crippen LogP contribution in [0.5, 0.6) is 0 Å². The molecule has 1 aliphatic carbocycles. The lowest BCUT2D eigenvalue weighted by molar-refractivity contribution is 0.0695. The van der Waals surface area contributed by atoms with E-state index in [4.69, 9.17) is 11.6 Å². The highest BCUT2D eigenvalue weighted by molar-refractivity contribution is 6.38. The van der Waals surface area contributed by atoms with E-state index < -0.39 is 34.4 Å². The molecule has 1 saturated carbocycles. The highest BCUT2D eigenvalue weighted by Gasteiger charge is 2.41. The van der Waals surface area contributed by atoms with Crippen molar-refractivity contribution in [1.29, 1.82) is 0 Å². The van der Waals surface area contributed by atoms with Gasteiger partial charge in [0.15, 0.2) is 0 Å². The number of benzene rings is 2. The van der Waals surface area contributed by atoms with Crippen LogP contribution in [-0.2, 0) is 0 Å². The monoisotopic (exact) mass is 477 g/mol. The van der Waals surface area contributed by atoms with Crippen molar-refractivity contribution in [2.45, 2.75) is 24.8 Å². The highest BCUT2D eigenvalue weighted by Crippen LogP contribution is 2.41. The summed E-state index contributed by atoms with van der Waals surface area (Å²) in [7, 11) is 0. The number of rotatable bonds is 3. The predicted octanol–water partition coefficient (Wildman–Crippen LogP) is 4.09. The normalized spacial score (nSPS) is 17.4. The third-order valence-electron chi connectivity index (χ3n) is 6.56. The van der Waals surface area contributed by atoms with Crippen molar-refractivity contribution in [3.05, 3.63) is 68.7 Å². The lowest BCUT2D eigenvalue weighted by Gasteiger charge is -2.50. The molecule has 0 bridgehead atoms. The maximum absolute atomic E-state index is 15.4. The second kappa shape index (κ2) is 7.78. The smallest absolute Gasteiger partial charge is 0.341 e. The fraction of sp³-hybridized carbons (Fsp3) is 0.304. The summed E-state index contributed by atoms with van der Waals surface area (Å²) in [6.07, 6.45) is 3.89. The molecular formula is C23H19ClF3N3O3. The Kier molecular flexibility index (Phi) is 5.13. The van der Waals surface area contributed by atoms with Crippen molar-refractivity contribution in [2.75, 3.05) is 24.5 Å². The summed E-state index contributed by atoms with van der Waals surface area (Å²) in [4.78, 5) is 26.3. The number of halogens is 4. The van der Waals surface area contributed by atoms with Crippen LogP contribution in [0.1, 0.15) is 29.6 Å². The minimum absolute atomic E-state index is 0.0465. The molecule has 5 rings (SSSR count). The first-order valence-electron chi connectivity index (χ1n) is 10.5. The molecule has 0 amide bonds. The zero-order chi connectivity index (χ0) is 23.5. The quantitative estimate of drug-likeness (QED) is 0.594. The Labute approximate surface area is 191 Å². The molecule has 0 atom stereocenters. The first-order valence-corrected chi connectivity index (χ1v) is 10.8. The first kappa shape index (κ1) is 21.8. The molecule has 2 aromatic carbocycles. The number of piperazine rings is 1. The minimum atomic E-state index is -1.56. The van der Waals surface area contributed by atoms with Crippen LogP contribution >= 0.6 is 11.6 Å². The molecule has 10 heteroatoms. The zero-order valence-corrected chi connectivity index (χ0v) is 18.1. The Balaban J connectivity index is 1.80. The van der Waals surface area contributed by atoms with Crippen molar-refractivity contribution >= 4 is 34.2 Å². The number of carboxylic acids is 1. The fourth-order valence-electron chi connectivity index (χ4n) is 4.80. The Morgan fingerprint density at radius 3 is 2.55 bits per heavy atom. The molecule has 1 spiro atoms. The summed E-state index contributed by atoms with van der Waals surface area (Å²) >= 11 is 6.67. The number of nitrogens with zero attached hydrogens (tertiary/aromatic N) is 2. The fourth-order valence-corrected chi connectivity index (χ4v) is 5.20. The number of aromatic carboxylic acids is 1. The molecule has 33 heavy (non-hydrogen) atoms. The molecule has 2 heterocycles. The molecule has 2 N–H and O–H groups in total. The molecule has 2 aliphatic rings. The number of pyridine rings is 1. The lowest BCUT2D eigenvalue weighted by Crippen LogP contribution is -2.64. The molecule has 6 nitrogen and oxygen atoms in total. The van der Waals surface area contributed by atoms with Gasteiger partial charge >= 0.3 is 5.97 Å². The highest BCUT2D eigenvalue weighted by atomic mass is 35.5. The van der Waals surface area contributed by atoms with Gasteiger partial charge in [0.05, 0.1) is 27.3 Å². The first-order chi connectivity index (χ1) is 15.7. The van der Waals surface area contributed by atoms with Crippen LogP contribution in [0.3, 0.4) is 0 Å². The standard InChI is InChI=1S/C23H19ClF3N3O3/c24-18-19-13(9-16(27)20(18)29-7-6-28-23(11-29)4-1-5-23)21(31)14(22(32)33)10-30(19)17-3-2-12(25)8-15(17)26/h2-3,8-10,28H,1,4-7,11H2,(H,32,33). The number of aromatic nitrogens is 1. The van der Waals surface area contributed by atoms with Gasteiger partial charge in [0, 0.05) is 37.4 Å². The molecule has 1 aromatic heterocycles. The zero-order valence-electron chi connectivity index (χ0n) is 17.3. The second-order valence-electron chi connectivity index (χ2n) is 8.54. The molecule has 1 aliphatic heterocycles. The average Bonchev–Trinajstić information content (AvgIpc) is 2.74. The Morgan fingerprint density at radius 2 is 1.91 bits per heavy atom. The summed E-state index contributed by atoms with van der Waals surface area (Å²) in [6.45, 7) is 1.59. The topological polar surface area (TPSA) is 74.6 Å². The largest absolute Gasteiger partial charge is 0.477 e. The van der Waals surface area contributed by atoms with Crippen LogP contribution in [0.25, 0.3) is 16.6 Å². The summed E-state index contributed by atoms with van der Waals surface area (Å²) in [5.41, 5.74) is -1.96. The van der Waals surface area contributed by atoms with Crippen LogP contribution in [0.4, 0.5) is 18.9 Å². The van der Waals surface area contributed by atoms with Gasteiger partial charge in [0.2, 0.25) is 5.43 Å². The van der Waals surface area contributed by atoms with Crippen LogP contribution in [-0.4, -0.2) is 40.8 Å². The SMILES string of the molecule is O=C(O)c1cn(-c2ccc(F)cc2F)c2c(Cl)c(N3CCNC4(CCC4)C3)c(F)cc2c1=O. The molecule has 0 radical (unpaired) electrons.